The van der Waals surface area contributed by atoms with E-state index in [0.29, 0.717) is 42.3 Å². The van der Waals surface area contributed by atoms with Crippen molar-refractivity contribution in [1.29, 1.82) is 0 Å². The van der Waals surface area contributed by atoms with Crippen LogP contribution in [0.3, 0.4) is 0 Å². The van der Waals surface area contributed by atoms with Gasteiger partial charge in [0.05, 0.1) is 12.9 Å². The monoisotopic (exact) mass is 356 g/mol. The number of rotatable bonds is 4. The topological polar surface area (TPSA) is 83.8 Å². The van der Waals surface area contributed by atoms with Crippen molar-refractivity contribution in [3.05, 3.63) is 58.9 Å². The average molecular weight is 356 g/mol. The van der Waals surface area contributed by atoms with E-state index in [-0.39, 0.29) is 18.8 Å². The lowest BCUT2D eigenvalue weighted by Crippen LogP contribution is -2.23. The molecule has 2 N–H and O–H groups in total. The Hall–Kier alpha value is -3.13. The molecule has 3 heterocycles. The predicted octanol–water partition coefficient (Wildman–Crippen LogP) is 1.75. The molecule has 134 valence electrons. The number of aromatic nitrogens is 3. The summed E-state index contributed by atoms with van der Waals surface area (Å²) in [5.41, 5.74) is 7.59. The maximum absolute atomic E-state index is 12.7. The molecule has 0 saturated carbocycles. The second-order valence-corrected chi connectivity index (χ2v) is 5.92. The van der Waals surface area contributed by atoms with Crippen LogP contribution in [0.25, 0.3) is 16.8 Å². The Kier molecular flexibility index (Phi) is 4.18. The van der Waals surface area contributed by atoms with E-state index in [1.165, 1.54) is 9.08 Å². The molecule has 0 unspecified atom stereocenters. The first-order valence-electron chi connectivity index (χ1n) is 8.17. The Labute approximate surface area is 148 Å². The number of fused-ring (bicyclic) bond motifs is 2. The Morgan fingerprint density at radius 3 is 2.73 bits per heavy atom. The fraction of sp³-hybridized carbons (Fsp3) is 0.222. The summed E-state index contributed by atoms with van der Waals surface area (Å²) in [6, 6.07) is 9.24. The average Bonchev–Trinajstić information content (AvgIpc) is 3.00. The van der Waals surface area contributed by atoms with Gasteiger partial charge in [-0.25, -0.2) is 18.3 Å². The Balaban J connectivity index is 1.74. The first kappa shape index (κ1) is 16.3. The minimum absolute atomic E-state index is 0.0207. The molecule has 3 aromatic rings. The van der Waals surface area contributed by atoms with E-state index in [1.807, 2.05) is 24.3 Å². The van der Waals surface area contributed by atoms with Gasteiger partial charge in [-0.1, -0.05) is 6.07 Å². The number of pyridine rings is 1. The molecule has 0 fully saturated rings. The summed E-state index contributed by atoms with van der Waals surface area (Å²) in [5.74, 6) is 1.39. The van der Waals surface area contributed by atoms with Crippen molar-refractivity contribution in [3.63, 3.8) is 0 Å². The number of halogens is 1. The van der Waals surface area contributed by atoms with Gasteiger partial charge in [-0.05, 0) is 41.0 Å². The van der Waals surface area contributed by atoms with Crippen molar-refractivity contribution in [3.8, 4) is 22.6 Å². The summed E-state index contributed by atoms with van der Waals surface area (Å²) in [4.78, 5) is 12.5. The SMILES string of the molecule is NC/C(=C\F)Cn1nc2ccc(-c3ccc4c(c3)OCCO4)cn2c1=O. The predicted molar refractivity (Wildman–Crippen MR) is 94.1 cm³/mol. The molecule has 0 spiro atoms. The van der Waals surface area contributed by atoms with E-state index in [9.17, 15) is 9.18 Å². The molecule has 4 rings (SSSR count). The van der Waals surface area contributed by atoms with Crippen LogP contribution in [0.1, 0.15) is 0 Å². The highest BCUT2D eigenvalue weighted by atomic mass is 19.1. The van der Waals surface area contributed by atoms with Crippen molar-refractivity contribution in [2.24, 2.45) is 5.73 Å². The van der Waals surface area contributed by atoms with Gasteiger partial charge in [-0.3, -0.25) is 0 Å². The molecule has 26 heavy (non-hydrogen) atoms. The molecule has 1 aliphatic rings. The van der Waals surface area contributed by atoms with E-state index < -0.39 is 0 Å². The number of nitrogens with two attached hydrogens (primary N) is 1. The Bertz CT molecular complexity index is 1050. The van der Waals surface area contributed by atoms with E-state index >= 15 is 0 Å². The highest BCUT2D eigenvalue weighted by molar-refractivity contribution is 5.68. The molecular weight excluding hydrogens is 339 g/mol. The van der Waals surface area contributed by atoms with Gasteiger partial charge >= 0.3 is 5.69 Å². The molecule has 0 saturated heterocycles. The largest absolute Gasteiger partial charge is 0.486 e. The lowest BCUT2D eigenvalue weighted by atomic mass is 10.1. The number of ether oxygens (including phenoxy) is 2. The van der Waals surface area contributed by atoms with Gasteiger partial charge in [0.15, 0.2) is 17.1 Å². The van der Waals surface area contributed by atoms with Gasteiger partial charge in [0.2, 0.25) is 0 Å². The molecule has 1 aliphatic heterocycles. The van der Waals surface area contributed by atoms with Crippen molar-refractivity contribution in [1.82, 2.24) is 14.2 Å². The van der Waals surface area contributed by atoms with Gasteiger partial charge in [-0.2, -0.15) is 0 Å². The molecule has 0 radical (unpaired) electrons. The van der Waals surface area contributed by atoms with Gasteiger partial charge in [-0.15, -0.1) is 5.10 Å². The third kappa shape index (κ3) is 2.84. The smallest absolute Gasteiger partial charge is 0.350 e. The van der Waals surface area contributed by atoms with Crippen LogP contribution in [0.5, 0.6) is 11.5 Å². The molecule has 8 heteroatoms. The minimum atomic E-state index is -0.354. The van der Waals surface area contributed by atoms with Crippen LogP contribution >= 0.6 is 0 Å². The Morgan fingerprint density at radius 1 is 1.19 bits per heavy atom. The third-order valence-corrected chi connectivity index (χ3v) is 4.22. The van der Waals surface area contributed by atoms with Crippen LogP contribution in [0.15, 0.2) is 53.2 Å². The highest BCUT2D eigenvalue weighted by Crippen LogP contribution is 2.34. The fourth-order valence-electron chi connectivity index (χ4n) is 2.85. The second kappa shape index (κ2) is 6.64. The lowest BCUT2D eigenvalue weighted by Gasteiger charge is -2.18. The summed E-state index contributed by atoms with van der Waals surface area (Å²) >= 11 is 0. The summed E-state index contributed by atoms with van der Waals surface area (Å²) in [6.07, 6.45) is 2.12. The van der Waals surface area contributed by atoms with Crippen LogP contribution < -0.4 is 20.9 Å². The number of benzene rings is 1. The molecule has 1 aromatic carbocycles. The zero-order valence-corrected chi connectivity index (χ0v) is 13.9. The molecule has 0 amide bonds. The molecule has 0 bridgehead atoms. The summed E-state index contributed by atoms with van der Waals surface area (Å²) in [6.45, 7) is 1.09. The quantitative estimate of drug-likeness (QED) is 0.770. The van der Waals surface area contributed by atoms with Crippen LogP contribution in [-0.2, 0) is 6.54 Å². The first-order valence-corrected chi connectivity index (χ1v) is 8.17. The zero-order valence-electron chi connectivity index (χ0n) is 13.9. The van der Waals surface area contributed by atoms with E-state index in [0.717, 1.165) is 11.1 Å². The van der Waals surface area contributed by atoms with Crippen molar-refractivity contribution < 1.29 is 13.9 Å². The van der Waals surface area contributed by atoms with Crippen LogP contribution in [0.2, 0.25) is 0 Å². The fourth-order valence-corrected chi connectivity index (χ4v) is 2.85. The zero-order chi connectivity index (χ0) is 18.1. The van der Waals surface area contributed by atoms with Gasteiger partial charge in [0, 0.05) is 12.7 Å². The maximum atomic E-state index is 12.7. The lowest BCUT2D eigenvalue weighted by molar-refractivity contribution is 0.171. The summed E-state index contributed by atoms with van der Waals surface area (Å²) < 4.78 is 26.5. The molecule has 0 aliphatic carbocycles. The first-order chi connectivity index (χ1) is 12.7. The normalized spacial score (nSPS) is 14.0. The van der Waals surface area contributed by atoms with E-state index in [2.05, 4.69) is 5.10 Å². The highest BCUT2D eigenvalue weighted by Gasteiger charge is 2.14. The second-order valence-electron chi connectivity index (χ2n) is 5.92. The van der Waals surface area contributed by atoms with Gasteiger partial charge < -0.3 is 15.2 Å². The minimum Gasteiger partial charge on any atom is -0.486 e. The maximum Gasteiger partial charge on any atom is 0.350 e. The van der Waals surface area contributed by atoms with E-state index in [4.69, 9.17) is 15.2 Å². The van der Waals surface area contributed by atoms with Crippen LogP contribution in [0, 0.1) is 0 Å². The molecule has 2 aromatic heterocycles. The van der Waals surface area contributed by atoms with Gasteiger partial charge in [0.25, 0.3) is 0 Å². The third-order valence-electron chi connectivity index (χ3n) is 4.22. The number of hydrogen-bond acceptors (Lipinski definition) is 5. The van der Waals surface area contributed by atoms with Crippen LogP contribution in [0.4, 0.5) is 4.39 Å². The summed E-state index contributed by atoms with van der Waals surface area (Å²) in [5, 5.41) is 4.21. The molecule has 0 atom stereocenters. The molecule has 7 nitrogen and oxygen atoms in total. The number of hydrogen-bond donors (Lipinski definition) is 1. The Morgan fingerprint density at radius 2 is 1.96 bits per heavy atom. The molecular formula is C18H17FN4O3. The number of nitrogens with zero attached hydrogens (tertiary/aromatic N) is 3. The summed E-state index contributed by atoms with van der Waals surface area (Å²) in [7, 11) is 0. The van der Waals surface area contributed by atoms with Crippen molar-refractivity contribution >= 4 is 5.65 Å². The van der Waals surface area contributed by atoms with Gasteiger partial charge in [0.1, 0.15) is 13.2 Å². The van der Waals surface area contributed by atoms with Crippen molar-refractivity contribution in [2.75, 3.05) is 19.8 Å². The van der Waals surface area contributed by atoms with Crippen molar-refractivity contribution in [2.45, 2.75) is 6.54 Å². The standard InChI is InChI=1S/C18H17FN4O3/c19-8-12(9-20)10-23-18(24)22-11-14(2-4-17(22)21-23)13-1-3-15-16(7-13)26-6-5-25-15/h1-4,7-8,11H,5-6,9-10,20H2/b12-8+. The van der Waals surface area contributed by atoms with E-state index in [1.54, 1.807) is 12.3 Å². The van der Waals surface area contributed by atoms with Crippen LogP contribution in [-0.4, -0.2) is 33.9 Å².